The van der Waals surface area contributed by atoms with E-state index in [1.807, 2.05) is 35.2 Å². The van der Waals surface area contributed by atoms with Crippen LogP contribution in [0.3, 0.4) is 0 Å². The lowest BCUT2D eigenvalue weighted by atomic mass is 10.1. The molecular weight excluding hydrogens is 382 g/mol. The largest absolute Gasteiger partial charge is 0.334 e. The molecule has 130 valence electrons. The number of amides is 2. The number of hydrogen-bond acceptors (Lipinski definition) is 2. The molecule has 1 aliphatic rings. The standard InChI is InChI=1S/C19H20BrN3O2/c1-22-10-12-23(13-11-22)19(25)15-7-3-5-9-17(15)21-18(24)14-6-2-4-8-16(14)20/h2-9H,10-13H2,1H3,(H,21,24)/p+1. The van der Waals surface area contributed by atoms with Gasteiger partial charge >= 0.3 is 0 Å². The Bertz CT molecular complexity index is 786. The van der Waals surface area contributed by atoms with Crippen molar-refractivity contribution in [2.45, 2.75) is 0 Å². The highest BCUT2D eigenvalue weighted by molar-refractivity contribution is 9.10. The van der Waals surface area contributed by atoms with Gasteiger partial charge in [0.1, 0.15) is 0 Å². The second-order valence-corrected chi connectivity index (χ2v) is 7.08. The molecule has 6 heteroatoms. The number of anilines is 1. The van der Waals surface area contributed by atoms with Gasteiger partial charge in [-0.05, 0) is 40.2 Å². The smallest absolute Gasteiger partial charge is 0.256 e. The number of quaternary nitrogens is 1. The number of rotatable bonds is 3. The van der Waals surface area contributed by atoms with Crippen molar-refractivity contribution in [2.75, 3.05) is 38.5 Å². The van der Waals surface area contributed by atoms with E-state index in [-0.39, 0.29) is 11.8 Å². The maximum atomic E-state index is 12.9. The number of carbonyl (C=O) groups excluding carboxylic acids is 2. The van der Waals surface area contributed by atoms with Gasteiger partial charge in [0.05, 0.1) is 50.0 Å². The summed E-state index contributed by atoms with van der Waals surface area (Å²) in [7, 11) is 2.13. The molecule has 0 aromatic heterocycles. The molecule has 1 heterocycles. The summed E-state index contributed by atoms with van der Waals surface area (Å²) >= 11 is 3.39. The van der Waals surface area contributed by atoms with Gasteiger partial charge in [-0.25, -0.2) is 0 Å². The van der Waals surface area contributed by atoms with Crippen LogP contribution in [0, 0.1) is 0 Å². The predicted octanol–water partition coefficient (Wildman–Crippen LogP) is 1.67. The molecule has 25 heavy (non-hydrogen) atoms. The first-order chi connectivity index (χ1) is 12.1. The van der Waals surface area contributed by atoms with Crippen molar-refractivity contribution in [3.8, 4) is 0 Å². The fourth-order valence-corrected chi connectivity index (χ4v) is 3.34. The normalized spacial score (nSPS) is 15.0. The summed E-state index contributed by atoms with van der Waals surface area (Å²) in [5.74, 6) is -0.272. The summed E-state index contributed by atoms with van der Waals surface area (Å²) in [5, 5.41) is 2.87. The number of nitrogens with zero attached hydrogens (tertiary/aromatic N) is 1. The summed E-state index contributed by atoms with van der Waals surface area (Å²) in [4.78, 5) is 28.7. The van der Waals surface area contributed by atoms with E-state index in [0.29, 0.717) is 16.8 Å². The molecule has 0 bridgehead atoms. The Morgan fingerprint density at radius 1 is 1.00 bits per heavy atom. The molecule has 0 unspecified atom stereocenters. The molecule has 0 aliphatic carbocycles. The molecule has 2 aromatic rings. The van der Waals surface area contributed by atoms with E-state index in [0.717, 1.165) is 30.7 Å². The van der Waals surface area contributed by atoms with Gasteiger partial charge in [-0.2, -0.15) is 0 Å². The van der Waals surface area contributed by atoms with Crippen LogP contribution in [-0.2, 0) is 0 Å². The summed E-state index contributed by atoms with van der Waals surface area (Å²) in [6.45, 7) is 3.35. The molecule has 0 atom stereocenters. The van der Waals surface area contributed by atoms with Crippen molar-refractivity contribution in [2.24, 2.45) is 0 Å². The summed E-state index contributed by atoms with van der Waals surface area (Å²) in [5.41, 5.74) is 1.61. The summed E-state index contributed by atoms with van der Waals surface area (Å²) in [6, 6.07) is 14.4. The van der Waals surface area contributed by atoms with Gasteiger partial charge in [0.25, 0.3) is 11.8 Å². The molecular formula is C19H21BrN3O2+. The van der Waals surface area contributed by atoms with E-state index in [1.54, 1.807) is 18.2 Å². The summed E-state index contributed by atoms with van der Waals surface area (Å²) < 4.78 is 0.721. The van der Waals surface area contributed by atoms with Crippen LogP contribution in [-0.4, -0.2) is 49.9 Å². The molecule has 0 spiro atoms. The number of piperazine rings is 1. The van der Waals surface area contributed by atoms with Crippen LogP contribution >= 0.6 is 15.9 Å². The van der Waals surface area contributed by atoms with E-state index in [9.17, 15) is 9.59 Å². The Hall–Kier alpha value is -2.18. The van der Waals surface area contributed by atoms with Gasteiger partial charge in [0, 0.05) is 4.47 Å². The third kappa shape index (κ3) is 4.08. The van der Waals surface area contributed by atoms with Crippen molar-refractivity contribution in [1.29, 1.82) is 0 Å². The number of halogens is 1. The van der Waals surface area contributed by atoms with Gasteiger partial charge in [-0.1, -0.05) is 24.3 Å². The number of nitrogens with one attached hydrogen (secondary N) is 2. The first kappa shape index (κ1) is 17.6. The fourth-order valence-electron chi connectivity index (χ4n) is 2.88. The average Bonchev–Trinajstić information content (AvgIpc) is 2.62. The Labute approximate surface area is 155 Å². The maximum absolute atomic E-state index is 12.9. The minimum atomic E-state index is -0.240. The third-order valence-corrected chi connectivity index (χ3v) is 5.12. The monoisotopic (exact) mass is 402 g/mol. The molecule has 2 N–H and O–H groups in total. The Kier molecular flexibility index (Phi) is 5.50. The van der Waals surface area contributed by atoms with Crippen molar-refractivity contribution < 1.29 is 14.5 Å². The van der Waals surface area contributed by atoms with Gasteiger partial charge in [0.15, 0.2) is 0 Å². The fraction of sp³-hybridized carbons (Fsp3) is 0.263. The predicted molar refractivity (Wildman–Crippen MR) is 101 cm³/mol. The van der Waals surface area contributed by atoms with Crippen LogP contribution < -0.4 is 10.2 Å². The molecule has 5 nitrogen and oxygen atoms in total. The highest BCUT2D eigenvalue weighted by atomic mass is 79.9. The first-order valence-electron chi connectivity index (χ1n) is 8.32. The van der Waals surface area contributed by atoms with Gasteiger partial charge in [-0.15, -0.1) is 0 Å². The lowest BCUT2D eigenvalue weighted by Gasteiger charge is -2.30. The molecule has 1 saturated heterocycles. The maximum Gasteiger partial charge on any atom is 0.256 e. The quantitative estimate of drug-likeness (QED) is 0.820. The number of benzene rings is 2. The molecule has 0 radical (unpaired) electrons. The zero-order chi connectivity index (χ0) is 17.8. The number of likely N-dealkylation sites (N-methyl/N-ethyl adjacent to an activating group) is 1. The Morgan fingerprint density at radius 2 is 1.60 bits per heavy atom. The molecule has 1 fully saturated rings. The second-order valence-electron chi connectivity index (χ2n) is 6.23. The molecule has 2 amide bonds. The van der Waals surface area contributed by atoms with Crippen molar-refractivity contribution >= 4 is 33.4 Å². The number of carbonyl (C=O) groups is 2. The van der Waals surface area contributed by atoms with Crippen LogP contribution in [0.2, 0.25) is 0 Å². The van der Waals surface area contributed by atoms with E-state index >= 15 is 0 Å². The third-order valence-electron chi connectivity index (χ3n) is 4.43. The van der Waals surface area contributed by atoms with E-state index in [1.165, 1.54) is 4.90 Å². The SMILES string of the molecule is C[NH+]1CCN(C(=O)c2ccccc2NC(=O)c2ccccc2Br)CC1. The molecule has 0 saturated carbocycles. The summed E-state index contributed by atoms with van der Waals surface area (Å²) in [6.07, 6.45) is 0. The highest BCUT2D eigenvalue weighted by Crippen LogP contribution is 2.21. The molecule has 2 aromatic carbocycles. The van der Waals surface area contributed by atoms with E-state index < -0.39 is 0 Å². The van der Waals surface area contributed by atoms with Crippen molar-refractivity contribution in [1.82, 2.24) is 4.90 Å². The minimum Gasteiger partial charge on any atom is -0.334 e. The highest BCUT2D eigenvalue weighted by Gasteiger charge is 2.24. The number of hydrogen-bond donors (Lipinski definition) is 2. The number of para-hydroxylation sites is 1. The van der Waals surface area contributed by atoms with Crippen molar-refractivity contribution in [3.05, 3.63) is 64.1 Å². The second kappa shape index (κ2) is 7.80. The van der Waals surface area contributed by atoms with E-state index in [2.05, 4.69) is 28.3 Å². The van der Waals surface area contributed by atoms with Gasteiger partial charge < -0.3 is 15.1 Å². The Balaban J connectivity index is 1.80. The van der Waals surface area contributed by atoms with Crippen LogP contribution in [0.4, 0.5) is 5.69 Å². The van der Waals surface area contributed by atoms with Gasteiger partial charge in [0.2, 0.25) is 0 Å². The molecule has 1 aliphatic heterocycles. The topological polar surface area (TPSA) is 53.9 Å². The van der Waals surface area contributed by atoms with Gasteiger partial charge in [-0.3, -0.25) is 9.59 Å². The van der Waals surface area contributed by atoms with Crippen LogP contribution in [0.25, 0.3) is 0 Å². The lowest BCUT2D eigenvalue weighted by Crippen LogP contribution is -3.12. The minimum absolute atomic E-state index is 0.0319. The lowest BCUT2D eigenvalue weighted by molar-refractivity contribution is -0.883. The van der Waals surface area contributed by atoms with Crippen molar-refractivity contribution in [3.63, 3.8) is 0 Å². The Morgan fingerprint density at radius 3 is 2.28 bits per heavy atom. The zero-order valence-corrected chi connectivity index (χ0v) is 15.7. The average molecular weight is 403 g/mol. The first-order valence-corrected chi connectivity index (χ1v) is 9.11. The van der Waals surface area contributed by atoms with Crippen LogP contribution in [0.5, 0.6) is 0 Å². The molecule has 3 rings (SSSR count). The van der Waals surface area contributed by atoms with E-state index in [4.69, 9.17) is 0 Å². The van der Waals surface area contributed by atoms with Crippen LogP contribution in [0.1, 0.15) is 20.7 Å². The zero-order valence-electron chi connectivity index (χ0n) is 14.1. The van der Waals surface area contributed by atoms with Crippen LogP contribution in [0.15, 0.2) is 53.0 Å².